The number of halogens is 3. The minimum atomic E-state index is -4.30. The summed E-state index contributed by atoms with van der Waals surface area (Å²) in [5, 5.41) is 7.11. The first kappa shape index (κ1) is 15.2. The third kappa shape index (κ3) is 4.75. The van der Waals surface area contributed by atoms with Crippen LogP contribution in [0.2, 0.25) is 0 Å². The lowest BCUT2D eigenvalue weighted by molar-refractivity contribution is -0.173. The molecule has 1 aromatic rings. The molecular weight excluding hydrogens is 275 g/mol. The third-order valence-electron chi connectivity index (χ3n) is 3.19. The molecule has 2 rings (SSSR count). The van der Waals surface area contributed by atoms with Gasteiger partial charge in [0.2, 0.25) is 5.89 Å². The normalized spacial score (nSPS) is 24.0. The molecule has 2 unspecified atom stereocenters. The molecule has 0 aromatic carbocycles. The lowest BCUT2D eigenvalue weighted by Crippen LogP contribution is -2.34. The quantitative estimate of drug-likeness (QED) is 0.842. The Labute approximate surface area is 114 Å². The van der Waals surface area contributed by atoms with Gasteiger partial charge >= 0.3 is 6.18 Å². The molecule has 0 spiro atoms. The monoisotopic (exact) mass is 293 g/mol. The molecule has 0 saturated carbocycles. The van der Waals surface area contributed by atoms with Crippen LogP contribution >= 0.6 is 0 Å². The van der Waals surface area contributed by atoms with Crippen LogP contribution in [0.4, 0.5) is 13.2 Å². The number of aromatic nitrogens is 2. The molecule has 1 saturated heterocycles. The van der Waals surface area contributed by atoms with E-state index in [0.29, 0.717) is 17.8 Å². The van der Waals surface area contributed by atoms with Gasteiger partial charge < -0.3 is 14.6 Å². The topological polar surface area (TPSA) is 60.2 Å². The summed E-state index contributed by atoms with van der Waals surface area (Å²) in [6.07, 6.45) is -2.23. The van der Waals surface area contributed by atoms with Crippen molar-refractivity contribution in [1.82, 2.24) is 15.5 Å². The number of nitrogens with zero attached hydrogens (tertiary/aromatic N) is 2. The van der Waals surface area contributed by atoms with E-state index in [0.717, 1.165) is 19.4 Å². The summed E-state index contributed by atoms with van der Waals surface area (Å²) in [7, 11) is 0. The van der Waals surface area contributed by atoms with Gasteiger partial charge in [-0.05, 0) is 26.3 Å². The zero-order chi connectivity index (χ0) is 14.6. The lowest BCUT2D eigenvalue weighted by atomic mass is 9.93. The molecule has 0 radical (unpaired) electrons. The fourth-order valence-electron chi connectivity index (χ4n) is 2.24. The fraction of sp³-hybridized carbons (Fsp3) is 0.833. The van der Waals surface area contributed by atoms with E-state index in [1.165, 1.54) is 0 Å². The Hall–Kier alpha value is -1.15. The van der Waals surface area contributed by atoms with Crippen LogP contribution in [0.1, 0.15) is 37.4 Å². The summed E-state index contributed by atoms with van der Waals surface area (Å²) >= 11 is 0. The van der Waals surface area contributed by atoms with Gasteiger partial charge in [0.1, 0.15) is 6.61 Å². The second-order valence-electron chi connectivity index (χ2n) is 5.04. The van der Waals surface area contributed by atoms with Crippen LogP contribution in [0.15, 0.2) is 4.52 Å². The van der Waals surface area contributed by atoms with Gasteiger partial charge in [-0.2, -0.15) is 18.2 Å². The van der Waals surface area contributed by atoms with Crippen LogP contribution in [0.3, 0.4) is 0 Å². The smallest absolute Gasteiger partial charge is 0.372 e. The maximum Gasteiger partial charge on any atom is 0.411 e. The predicted molar refractivity (Wildman–Crippen MR) is 64.3 cm³/mol. The van der Waals surface area contributed by atoms with Crippen molar-refractivity contribution in [2.75, 3.05) is 19.8 Å². The second kappa shape index (κ2) is 6.53. The van der Waals surface area contributed by atoms with Crippen molar-refractivity contribution in [3.8, 4) is 0 Å². The molecular formula is C12H18F3N3O2. The number of alkyl halides is 3. The SMILES string of the molecule is CC1CC(c2nc(CCOCC(F)(F)F)no2)CCN1. The average Bonchev–Trinajstić information content (AvgIpc) is 2.82. The zero-order valence-electron chi connectivity index (χ0n) is 11.2. The number of piperidine rings is 1. The molecule has 1 N–H and O–H groups in total. The molecule has 8 heteroatoms. The largest absolute Gasteiger partial charge is 0.411 e. The minimum Gasteiger partial charge on any atom is -0.372 e. The molecule has 2 atom stereocenters. The molecule has 0 bridgehead atoms. The Morgan fingerprint density at radius 1 is 1.45 bits per heavy atom. The first-order valence-corrected chi connectivity index (χ1v) is 6.64. The van der Waals surface area contributed by atoms with E-state index in [1.54, 1.807) is 0 Å². The first-order chi connectivity index (χ1) is 9.44. The van der Waals surface area contributed by atoms with Crippen molar-refractivity contribution in [2.45, 2.75) is 44.3 Å². The lowest BCUT2D eigenvalue weighted by Gasteiger charge is -2.25. The van der Waals surface area contributed by atoms with Crippen molar-refractivity contribution < 1.29 is 22.4 Å². The zero-order valence-corrected chi connectivity index (χ0v) is 11.2. The Bertz CT molecular complexity index is 422. The number of hydrogen-bond acceptors (Lipinski definition) is 5. The Kier molecular flexibility index (Phi) is 4.98. The maximum atomic E-state index is 11.9. The van der Waals surface area contributed by atoms with Crippen molar-refractivity contribution in [3.63, 3.8) is 0 Å². The predicted octanol–water partition coefficient (Wildman–Crippen LogP) is 2.05. The van der Waals surface area contributed by atoms with Crippen molar-refractivity contribution in [3.05, 3.63) is 11.7 Å². The maximum absolute atomic E-state index is 11.9. The van der Waals surface area contributed by atoms with Gasteiger partial charge in [-0.15, -0.1) is 0 Å². The number of rotatable bonds is 5. The van der Waals surface area contributed by atoms with Crippen molar-refractivity contribution in [1.29, 1.82) is 0 Å². The number of nitrogens with one attached hydrogen (secondary N) is 1. The summed E-state index contributed by atoms with van der Waals surface area (Å²) in [6, 6.07) is 0.402. The second-order valence-corrected chi connectivity index (χ2v) is 5.04. The van der Waals surface area contributed by atoms with Gasteiger partial charge in [-0.3, -0.25) is 0 Å². The van der Waals surface area contributed by atoms with Crippen LogP contribution in [-0.2, 0) is 11.2 Å². The molecule has 114 valence electrons. The molecule has 1 aliphatic heterocycles. The van der Waals surface area contributed by atoms with Gasteiger partial charge in [-0.1, -0.05) is 5.16 Å². The Balaban J connectivity index is 1.77. The molecule has 5 nitrogen and oxygen atoms in total. The minimum absolute atomic E-state index is 0.0683. The highest BCUT2D eigenvalue weighted by Crippen LogP contribution is 2.26. The summed E-state index contributed by atoms with van der Waals surface area (Å²) in [5.41, 5.74) is 0. The van der Waals surface area contributed by atoms with Crippen molar-refractivity contribution in [2.24, 2.45) is 0 Å². The van der Waals surface area contributed by atoms with E-state index in [1.807, 2.05) is 0 Å². The van der Waals surface area contributed by atoms with Crippen LogP contribution in [-0.4, -0.2) is 42.1 Å². The van der Waals surface area contributed by atoms with Crippen molar-refractivity contribution >= 4 is 0 Å². The molecule has 0 aliphatic carbocycles. The van der Waals surface area contributed by atoms with Crippen LogP contribution in [0.25, 0.3) is 0 Å². The molecule has 1 aromatic heterocycles. The van der Waals surface area contributed by atoms with E-state index >= 15 is 0 Å². The van der Waals surface area contributed by atoms with Gasteiger partial charge in [-0.25, -0.2) is 0 Å². The van der Waals surface area contributed by atoms with Gasteiger partial charge in [0.15, 0.2) is 5.82 Å². The highest BCUT2D eigenvalue weighted by molar-refractivity contribution is 4.97. The fourth-order valence-corrected chi connectivity index (χ4v) is 2.24. The third-order valence-corrected chi connectivity index (χ3v) is 3.19. The van der Waals surface area contributed by atoms with Crippen LogP contribution in [0.5, 0.6) is 0 Å². The average molecular weight is 293 g/mol. The summed E-state index contributed by atoms with van der Waals surface area (Å²) in [4.78, 5) is 4.24. The molecule has 2 heterocycles. The number of ether oxygens (including phenoxy) is 1. The van der Waals surface area contributed by atoms with E-state index in [4.69, 9.17) is 4.52 Å². The molecule has 1 fully saturated rings. The van der Waals surface area contributed by atoms with E-state index in [-0.39, 0.29) is 18.9 Å². The number of hydrogen-bond donors (Lipinski definition) is 1. The summed E-state index contributed by atoms with van der Waals surface area (Å²) in [6.45, 7) is 1.68. The highest BCUT2D eigenvalue weighted by atomic mass is 19.4. The van der Waals surface area contributed by atoms with E-state index in [2.05, 4.69) is 27.1 Å². The highest BCUT2D eigenvalue weighted by Gasteiger charge is 2.27. The first-order valence-electron chi connectivity index (χ1n) is 6.64. The Morgan fingerprint density at radius 2 is 2.25 bits per heavy atom. The summed E-state index contributed by atoms with van der Waals surface area (Å²) in [5.74, 6) is 1.20. The van der Waals surface area contributed by atoms with E-state index < -0.39 is 12.8 Å². The van der Waals surface area contributed by atoms with Gasteiger partial charge in [0.25, 0.3) is 0 Å². The van der Waals surface area contributed by atoms with Crippen LogP contribution < -0.4 is 5.32 Å². The van der Waals surface area contributed by atoms with Gasteiger partial charge in [0.05, 0.1) is 6.61 Å². The van der Waals surface area contributed by atoms with Crippen LogP contribution in [0, 0.1) is 0 Å². The molecule has 0 amide bonds. The van der Waals surface area contributed by atoms with E-state index in [9.17, 15) is 13.2 Å². The van der Waals surface area contributed by atoms with Gasteiger partial charge in [0, 0.05) is 18.4 Å². The summed E-state index contributed by atoms with van der Waals surface area (Å²) < 4.78 is 45.4. The standard InChI is InChI=1S/C12H18F3N3O2/c1-8-6-9(2-4-16-8)11-17-10(18-20-11)3-5-19-7-12(13,14)15/h8-9,16H,2-7H2,1H3. The molecule has 20 heavy (non-hydrogen) atoms. The molecule has 1 aliphatic rings. The Morgan fingerprint density at radius 3 is 2.95 bits per heavy atom.